The molecular weight excluding hydrogens is 382 g/mol. The molecule has 0 unspecified atom stereocenters. The van der Waals surface area contributed by atoms with Crippen LogP contribution in [0.3, 0.4) is 0 Å². The van der Waals surface area contributed by atoms with Gasteiger partial charge in [0.25, 0.3) is 0 Å². The lowest BCUT2D eigenvalue weighted by Gasteiger charge is -2.09. The highest BCUT2D eigenvalue weighted by atomic mass is 79.9. The topological polar surface area (TPSA) is 4.93 Å². The van der Waals surface area contributed by atoms with E-state index in [4.69, 9.17) is 12.3 Å². The molecule has 0 N–H and O–H groups in total. The molecule has 0 saturated carbocycles. The Bertz CT molecular complexity index is 1650. The lowest BCUT2D eigenvalue weighted by atomic mass is 10.0. The minimum atomic E-state index is -0.480. The quantitative estimate of drug-likeness (QED) is 0.291. The van der Waals surface area contributed by atoms with Gasteiger partial charge in [0.1, 0.15) is 0 Å². The highest BCUT2D eigenvalue weighted by Gasteiger charge is 2.12. The summed E-state index contributed by atoms with van der Waals surface area (Å²) in [5, 5.41) is 1.57. The predicted molar refractivity (Wildman–Crippen MR) is 114 cm³/mol. The van der Waals surface area contributed by atoms with Gasteiger partial charge in [0.15, 0.2) is 0 Å². The molecule has 0 aliphatic heterocycles. The maximum absolute atomic E-state index is 8.52. The number of para-hydroxylation sites is 2. The van der Waals surface area contributed by atoms with Gasteiger partial charge in [-0.3, -0.25) is 0 Å². The van der Waals surface area contributed by atoms with Gasteiger partial charge in [0, 0.05) is 20.9 Å². The first-order valence-electron chi connectivity index (χ1n) is 12.4. The second-order valence-electron chi connectivity index (χ2n) is 5.75. The van der Waals surface area contributed by atoms with Crippen molar-refractivity contribution in [1.29, 1.82) is 0 Å². The summed E-state index contributed by atoms with van der Waals surface area (Å²) in [5.74, 6) is 0. The van der Waals surface area contributed by atoms with E-state index >= 15 is 0 Å². The Kier molecular flexibility index (Phi) is 2.06. The van der Waals surface area contributed by atoms with Crippen molar-refractivity contribution in [3.63, 3.8) is 0 Å². The number of nitrogens with zero attached hydrogens (tertiary/aromatic N) is 1. The molecule has 124 valence electrons. The number of hydrogen-bond acceptors (Lipinski definition) is 0. The number of hydrogen-bond donors (Lipinski definition) is 0. The van der Waals surface area contributed by atoms with Crippen molar-refractivity contribution in [2.75, 3.05) is 0 Å². The summed E-state index contributed by atoms with van der Waals surface area (Å²) < 4.78 is 76.0. The van der Waals surface area contributed by atoms with Crippen LogP contribution >= 0.6 is 15.9 Å². The van der Waals surface area contributed by atoms with E-state index in [1.807, 2.05) is 12.1 Å². The van der Waals surface area contributed by atoms with E-state index in [9.17, 15) is 0 Å². The van der Waals surface area contributed by atoms with E-state index in [1.165, 1.54) is 0 Å². The molecule has 4 aromatic carbocycles. The molecule has 26 heavy (non-hydrogen) atoms. The zero-order chi connectivity index (χ0) is 25.3. The van der Waals surface area contributed by atoms with Crippen LogP contribution in [-0.4, -0.2) is 4.57 Å². The number of rotatable bonds is 2. The molecule has 2 heteroatoms. The lowest BCUT2D eigenvalue weighted by molar-refractivity contribution is 1.18. The normalized spacial score (nSPS) is 16.1. The van der Waals surface area contributed by atoms with Crippen LogP contribution in [0.25, 0.3) is 38.6 Å². The highest BCUT2D eigenvalue weighted by Crippen LogP contribution is 2.35. The van der Waals surface area contributed by atoms with Gasteiger partial charge in [-0.05, 0) is 47.4 Å². The first-order valence-corrected chi connectivity index (χ1v) is 8.72. The van der Waals surface area contributed by atoms with Crippen LogP contribution in [0.1, 0.15) is 12.3 Å². The SMILES string of the molecule is [2H]c1c([2H])c([2H])c(-n2c3ccccc3c3ccc(-c4c([2H])c([2H])c([2H])c(Br)c4[2H])cc32)c([2H])c1[2H]. The van der Waals surface area contributed by atoms with Crippen LogP contribution in [0, 0.1) is 0 Å². The minimum Gasteiger partial charge on any atom is -0.309 e. The average Bonchev–Trinajstić information content (AvgIpc) is 3.18. The summed E-state index contributed by atoms with van der Waals surface area (Å²) in [5.41, 5.74) is 1.77. The molecule has 0 bridgehead atoms. The van der Waals surface area contributed by atoms with Gasteiger partial charge < -0.3 is 4.57 Å². The third-order valence-electron chi connectivity index (χ3n) is 4.27. The van der Waals surface area contributed by atoms with Crippen LogP contribution in [0.4, 0.5) is 0 Å². The monoisotopic (exact) mass is 406 g/mol. The van der Waals surface area contributed by atoms with E-state index < -0.39 is 18.1 Å². The van der Waals surface area contributed by atoms with Crippen LogP contribution in [0.15, 0.2) is 101 Å². The zero-order valence-electron chi connectivity index (χ0n) is 22.4. The van der Waals surface area contributed by atoms with Crippen molar-refractivity contribution in [2.24, 2.45) is 0 Å². The van der Waals surface area contributed by atoms with Crippen LogP contribution < -0.4 is 0 Å². The Morgan fingerprint density at radius 1 is 0.731 bits per heavy atom. The molecular formula is C24H16BrN. The van der Waals surface area contributed by atoms with Gasteiger partial charge in [0.2, 0.25) is 0 Å². The van der Waals surface area contributed by atoms with Gasteiger partial charge in [-0.25, -0.2) is 0 Å². The Morgan fingerprint density at radius 2 is 1.54 bits per heavy atom. The Hall–Kier alpha value is -2.84. The summed E-state index contributed by atoms with van der Waals surface area (Å²) in [6, 6.07) is 9.57. The van der Waals surface area contributed by atoms with Gasteiger partial charge >= 0.3 is 0 Å². The van der Waals surface area contributed by atoms with Crippen molar-refractivity contribution >= 4 is 37.7 Å². The molecule has 1 aromatic heterocycles. The third-order valence-corrected chi connectivity index (χ3v) is 4.66. The maximum Gasteiger partial charge on any atom is 0.0645 e. The van der Waals surface area contributed by atoms with Gasteiger partial charge in [0.05, 0.1) is 23.4 Å². The second-order valence-corrected chi connectivity index (χ2v) is 6.54. The number of fused-ring (bicyclic) bond motifs is 3. The summed E-state index contributed by atoms with van der Waals surface area (Å²) in [6.45, 7) is 0. The molecule has 1 nitrogen and oxygen atoms in total. The van der Waals surface area contributed by atoms with Crippen LogP contribution in [0.2, 0.25) is 0 Å². The molecule has 0 aliphatic carbocycles. The van der Waals surface area contributed by atoms with Gasteiger partial charge in [-0.1, -0.05) is 76.5 Å². The molecule has 5 rings (SSSR count). The molecule has 5 aromatic rings. The maximum atomic E-state index is 8.52. The summed E-state index contributed by atoms with van der Waals surface area (Å²) in [4.78, 5) is 0. The van der Waals surface area contributed by atoms with E-state index in [0.717, 1.165) is 10.8 Å². The predicted octanol–water partition coefficient (Wildman–Crippen LogP) is 7.21. The summed E-state index contributed by atoms with van der Waals surface area (Å²) >= 11 is 3.19. The molecule has 0 fully saturated rings. The van der Waals surface area contributed by atoms with Crippen molar-refractivity contribution in [3.05, 3.63) is 101 Å². The van der Waals surface area contributed by atoms with Crippen molar-refractivity contribution < 1.29 is 12.3 Å². The van der Waals surface area contributed by atoms with Gasteiger partial charge in [-0.2, -0.15) is 0 Å². The Morgan fingerprint density at radius 3 is 2.42 bits per heavy atom. The molecule has 0 amide bonds. The smallest absolute Gasteiger partial charge is 0.0645 e. The van der Waals surface area contributed by atoms with Crippen molar-refractivity contribution in [2.45, 2.75) is 0 Å². The van der Waals surface area contributed by atoms with Gasteiger partial charge in [-0.15, -0.1) is 0 Å². The fourth-order valence-corrected chi connectivity index (χ4v) is 3.48. The van der Waals surface area contributed by atoms with E-state index in [1.54, 1.807) is 34.9 Å². The zero-order valence-corrected chi connectivity index (χ0v) is 15.0. The standard InChI is InChI=1S/C24H16BrN/c25-19-8-6-7-17(15-19)18-13-14-22-21-11-4-5-12-23(21)26(24(22)16-18)20-9-2-1-3-10-20/h1-16H/i1D,2D,3D,6D,7D,8D,9D,10D,15D. The third kappa shape index (κ3) is 2.46. The average molecular weight is 407 g/mol. The fraction of sp³-hybridized carbons (Fsp3) is 0. The molecule has 1 heterocycles. The highest BCUT2D eigenvalue weighted by molar-refractivity contribution is 9.10. The largest absolute Gasteiger partial charge is 0.309 e. The van der Waals surface area contributed by atoms with Crippen LogP contribution in [0.5, 0.6) is 0 Å². The van der Waals surface area contributed by atoms with Crippen LogP contribution in [-0.2, 0) is 0 Å². The minimum absolute atomic E-state index is 0.000381. The molecule has 0 aliphatic rings. The van der Waals surface area contributed by atoms with E-state index in [-0.39, 0.29) is 52.0 Å². The molecule has 0 atom stereocenters. The Labute approximate surface area is 173 Å². The number of aromatic nitrogens is 1. The first kappa shape index (κ1) is 8.70. The summed E-state index contributed by atoms with van der Waals surface area (Å²) in [6.07, 6.45) is 0. The number of benzene rings is 4. The molecule has 0 radical (unpaired) electrons. The number of halogens is 1. The van der Waals surface area contributed by atoms with Crippen molar-refractivity contribution in [3.8, 4) is 16.8 Å². The van der Waals surface area contributed by atoms with Crippen molar-refractivity contribution in [1.82, 2.24) is 4.57 Å². The second kappa shape index (κ2) is 6.15. The molecule has 0 spiro atoms. The molecule has 0 saturated heterocycles. The Balaban J connectivity index is 1.95. The first-order chi connectivity index (χ1) is 16.6. The fourth-order valence-electron chi connectivity index (χ4n) is 3.19. The van der Waals surface area contributed by atoms with E-state index in [0.29, 0.717) is 16.6 Å². The lowest BCUT2D eigenvalue weighted by Crippen LogP contribution is -1.93. The van der Waals surface area contributed by atoms with E-state index in [2.05, 4.69) is 15.9 Å². The summed E-state index contributed by atoms with van der Waals surface area (Å²) in [7, 11) is 0.